The summed E-state index contributed by atoms with van der Waals surface area (Å²) in [6.45, 7) is 9.72. The first-order valence-corrected chi connectivity index (χ1v) is 14.5. The summed E-state index contributed by atoms with van der Waals surface area (Å²) in [5.41, 5.74) is 1.87. The van der Waals surface area contributed by atoms with Crippen LogP contribution in [0.15, 0.2) is 73.6 Å². The molecular formula is C30H36Cl2N4O5. The Morgan fingerprint density at radius 1 is 1.07 bits per heavy atom. The molecule has 0 bridgehead atoms. The number of hydrogen-bond donors (Lipinski definition) is 0. The van der Waals surface area contributed by atoms with Crippen molar-refractivity contribution in [2.75, 3.05) is 64.6 Å². The fourth-order valence-corrected chi connectivity index (χ4v) is 5.58. The number of ether oxygens (including phenoxy) is 5. The second-order valence-electron chi connectivity index (χ2n) is 10.0. The topological polar surface area (TPSA) is 70.5 Å². The Kier molecular flexibility index (Phi) is 9.95. The Bertz CT molecular complexity index is 1270. The van der Waals surface area contributed by atoms with E-state index in [1.54, 1.807) is 31.8 Å². The second kappa shape index (κ2) is 13.8. The molecule has 0 radical (unpaired) electrons. The van der Waals surface area contributed by atoms with Crippen LogP contribution in [0, 0.1) is 0 Å². The predicted molar refractivity (Wildman–Crippen MR) is 158 cm³/mol. The highest BCUT2D eigenvalue weighted by atomic mass is 35.5. The third kappa shape index (κ3) is 7.47. The average Bonchev–Trinajstić information content (AvgIpc) is 3.41. The minimum absolute atomic E-state index is 0.191. The van der Waals surface area contributed by atoms with Crippen LogP contribution in [0.4, 0.5) is 5.69 Å². The van der Waals surface area contributed by atoms with Crippen LogP contribution < -0.4 is 9.64 Å². The third-order valence-corrected chi connectivity index (χ3v) is 7.81. The van der Waals surface area contributed by atoms with Gasteiger partial charge in [0.15, 0.2) is 5.88 Å². The molecule has 11 heteroatoms. The summed E-state index contributed by atoms with van der Waals surface area (Å²) < 4.78 is 31.8. The van der Waals surface area contributed by atoms with Gasteiger partial charge in [-0.05, 0) is 43.0 Å². The summed E-state index contributed by atoms with van der Waals surface area (Å²) in [4.78, 5) is 8.68. The van der Waals surface area contributed by atoms with Crippen LogP contribution in [0.25, 0.3) is 0 Å². The second-order valence-corrected chi connectivity index (χ2v) is 10.8. The lowest BCUT2D eigenvalue weighted by atomic mass is 10.1. The molecule has 1 unspecified atom stereocenters. The van der Waals surface area contributed by atoms with E-state index >= 15 is 0 Å². The highest BCUT2D eigenvalue weighted by Gasteiger charge is 2.40. The molecule has 0 N–H and O–H groups in total. The van der Waals surface area contributed by atoms with Gasteiger partial charge in [-0.15, -0.1) is 0 Å². The van der Waals surface area contributed by atoms with Gasteiger partial charge in [-0.3, -0.25) is 0 Å². The zero-order valence-electron chi connectivity index (χ0n) is 23.2. The lowest BCUT2D eigenvalue weighted by Crippen LogP contribution is -2.46. The largest absolute Gasteiger partial charge is 0.488 e. The van der Waals surface area contributed by atoms with Crippen molar-refractivity contribution in [1.82, 2.24) is 14.5 Å². The molecule has 2 fully saturated rings. The summed E-state index contributed by atoms with van der Waals surface area (Å²) in [6.07, 6.45) is 5.79. The first-order valence-electron chi connectivity index (χ1n) is 13.7. The van der Waals surface area contributed by atoms with Gasteiger partial charge in [0.25, 0.3) is 0 Å². The predicted octanol–water partition coefficient (Wildman–Crippen LogP) is 5.18. The summed E-state index contributed by atoms with van der Waals surface area (Å²) >= 11 is 12.8. The number of aromatic nitrogens is 2. The Morgan fingerprint density at radius 3 is 2.59 bits per heavy atom. The van der Waals surface area contributed by atoms with Gasteiger partial charge in [-0.25, -0.2) is 4.98 Å². The van der Waals surface area contributed by atoms with Crippen molar-refractivity contribution in [1.29, 1.82) is 0 Å². The summed E-state index contributed by atoms with van der Waals surface area (Å²) in [7, 11) is 1.66. The maximum atomic E-state index is 6.62. The maximum absolute atomic E-state index is 6.62. The number of anilines is 1. The van der Waals surface area contributed by atoms with Gasteiger partial charge in [0.05, 0.1) is 37.7 Å². The fraction of sp³-hybridized carbons (Fsp3) is 0.433. The number of rotatable bonds is 11. The Hall–Kier alpha value is -2.95. The van der Waals surface area contributed by atoms with E-state index in [4.69, 9.17) is 46.9 Å². The van der Waals surface area contributed by atoms with E-state index < -0.39 is 5.79 Å². The van der Waals surface area contributed by atoms with Crippen LogP contribution in [0.1, 0.15) is 12.0 Å². The van der Waals surface area contributed by atoms with Crippen LogP contribution in [0.3, 0.4) is 0 Å². The van der Waals surface area contributed by atoms with Gasteiger partial charge in [-0.2, -0.15) is 0 Å². The molecule has 3 aromatic rings. The minimum Gasteiger partial charge on any atom is -0.488 e. The van der Waals surface area contributed by atoms with Crippen molar-refractivity contribution in [3.8, 4) is 5.75 Å². The first kappa shape index (κ1) is 29.5. The standard InChI is InChI=1S/C30H36Cl2N4O5/c1-23(38-18-17-37-2)35-12-14-36(15-13-35)25-4-6-26(7-5-25)41-27-9-16-39-30(40-20-27,21-34-11-10-33-22-34)28-8-3-24(31)19-29(28)32/h3-8,10-11,19,22,27H,1,9,12-18,20-21H2,2H3/t27?,30-/m1/s1. The SMILES string of the molecule is C=C(OCCOC)N1CCN(c2ccc(OC3CCO[C@@](Cn4ccnc4)(c4ccc(Cl)cc4Cl)OC3)cc2)CC1. The number of nitrogens with zero attached hydrogens (tertiary/aromatic N) is 4. The van der Waals surface area contributed by atoms with E-state index in [1.807, 2.05) is 29.0 Å². The van der Waals surface area contributed by atoms with E-state index in [9.17, 15) is 0 Å². The first-order chi connectivity index (χ1) is 20.0. The molecule has 3 heterocycles. The number of piperazine rings is 1. The van der Waals surface area contributed by atoms with Crippen molar-refractivity contribution in [2.45, 2.75) is 24.9 Å². The quantitative estimate of drug-likeness (QED) is 0.219. The molecule has 2 aliphatic heterocycles. The third-order valence-electron chi connectivity index (χ3n) is 7.26. The van der Waals surface area contributed by atoms with Crippen molar-refractivity contribution in [3.05, 3.63) is 89.3 Å². The molecule has 1 aromatic heterocycles. The minimum atomic E-state index is -1.10. The van der Waals surface area contributed by atoms with Crippen molar-refractivity contribution >= 4 is 28.9 Å². The fourth-order valence-electron chi connectivity index (χ4n) is 5.03. The molecule has 5 rings (SSSR count). The molecule has 0 aliphatic carbocycles. The van der Waals surface area contributed by atoms with Crippen LogP contribution in [0.5, 0.6) is 5.75 Å². The summed E-state index contributed by atoms with van der Waals surface area (Å²) in [6, 6.07) is 13.6. The molecule has 0 spiro atoms. The zero-order chi connectivity index (χ0) is 28.7. The smallest absolute Gasteiger partial charge is 0.215 e. The lowest BCUT2D eigenvalue weighted by molar-refractivity contribution is -0.245. The highest BCUT2D eigenvalue weighted by Crippen LogP contribution is 2.38. The molecule has 2 atom stereocenters. The van der Waals surface area contributed by atoms with Crippen molar-refractivity contribution in [3.63, 3.8) is 0 Å². The van der Waals surface area contributed by atoms with E-state index in [1.165, 1.54) is 0 Å². The number of benzene rings is 2. The number of halogens is 2. The number of imidazole rings is 1. The number of hydrogen-bond acceptors (Lipinski definition) is 8. The lowest BCUT2D eigenvalue weighted by Gasteiger charge is -2.37. The van der Waals surface area contributed by atoms with Gasteiger partial charge < -0.3 is 38.1 Å². The Labute approximate surface area is 251 Å². The summed E-state index contributed by atoms with van der Waals surface area (Å²) in [5, 5.41) is 1.03. The van der Waals surface area contributed by atoms with E-state index in [0.717, 1.165) is 37.6 Å². The molecule has 220 valence electrons. The maximum Gasteiger partial charge on any atom is 0.215 e. The molecule has 2 aromatic carbocycles. The van der Waals surface area contributed by atoms with Gasteiger partial charge in [-0.1, -0.05) is 29.3 Å². The van der Waals surface area contributed by atoms with Gasteiger partial charge in [0, 0.05) is 68.4 Å². The summed E-state index contributed by atoms with van der Waals surface area (Å²) in [5.74, 6) is 0.382. The number of methoxy groups -OCH3 is 1. The molecule has 2 aliphatic rings. The van der Waals surface area contributed by atoms with E-state index in [2.05, 4.69) is 33.5 Å². The Balaban J connectivity index is 1.18. The molecule has 2 saturated heterocycles. The van der Waals surface area contributed by atoms with Crippen LogP contribution in [0.2, 0.25) is 10.0 Å². The molecule has 0 saturated carbocycles. The molecule has 41 heavy (non-hydrogen) atoms. The van der Waals surface area contributed by atoms with Crippen LogP contribution in [-0.2, 0) is 31.3 Å². The van der Waals surface area contributed by atoms with E-state index in [0.29, 0.717) is 60.9 Å². The average molecular weight is 604 g/mol. The van der Waals surface area contributed by atoms with Crippen LogP contribution >= 0.6 is 23.2 Å². The van der Waals surface area contributed by atoms with Gasteiger partial charge in [0.2, 0.25) is 5.79 Å². The molecule has 9 nitrogen and oxygen atoms in total. The van der Waals surface area contributed by atoms with Crippen LogP contribution in [-0.4, -0.2) is 80.3 Å². The van der Waals surface area contributed by atoms with Crippen molar-refractivity contribution < 1.29 is 23.7 Å². The normalized spacial score (nSPS) is 21.4. The van der Waals surface area contributed by atoms with Crippen molar-refractivity contribution in [2.24, 2.45) is 0 Å². The van der Waals surface area contributed by atoms with Gasteiger partial charge in [0.1, 0.15) is 18.5 Å². The highest BCUT2D eigenvalue weighted by molar-refractivity contribution is 6.35. The monoisotopic (exact) mass is 602 g/mol. The Morgan fingerprint density at radius 2 is 1.88 bits per heavy atom. The molecule has 0 amide bonds. The molecular weight excluding hydrogens is 567 g/mol. The van der Waals surface area contributed by atoms with E-state index in [-0.39, 0.29) is 6.10 Å². The zero-order valence-corrected chi connectivity index (χ0v) is 24.7. The van der Waals surface area contributed by atoms with Gasteiger partial charge >= 0.3 is 0 Å².